The van der Waals surface area contributed by atoms with E-state index < -0.39 is 5.41 Å². The van der Waals surface area contributed by atoms with E-state index in [0.29, 0.717) is 19.4 Å². The number of ether oxygens (including phenoxy) is 1. The second kappa shape index (κ2) is 9.33. The first-order chi connectivity index (χ1) is 18.1. The number of nitrogens with one attached hydrogen (secondary N) is 2. The highest BCUT2D eigenvalue weighted by molar-refractivity contribution is 5.97. The third-order valence-electron chi connectivity index (χ3n) is 7.47. The van der Waals surface area contributed by atoms with Gasteiger partial charge < -0.3 is 10.1 Å². The Morgan fingerprint density at radius 2 is 1.78 bits per heavy atom. The molecule has 4 aromatic rings. The maximum absolute atomic E-state index is 12.7. The fourth-order valence-corrected chi connectivity index (χ4v) is 5.39. The minimum absolute atomic E-state index is 0.0622. The van der Waals surface area contributed by atoms with Crippen molar-refractivity contribution in [1.82, 2.24) is 15.8 Å². The Hall–Kier alpha value is -4.23. The van der Waals surface area contributed by atoms with Crippen molar-refractivity contribution in [3.8, 4) is 17.0 Å². The summed E-state index contributed by atoms with van der Waals surface area (Å²) in [6.07, 6.45) is 1.15. The summed E-state index contributed by atoms with van der Waals surface area (Å²) in [6.45, 7) is 0.405. The lowest BCUT2D eigenvalue weighted by Gasteiger charge is -2.13. The minimum atomic E-state index is -0.624. The standard InChI is InChI=1S/C30H27N3O4/c1-36-33-28(34)24-16-30(24)17-27(32-29(30)35)20-11-13-22(14-12-20)37-18-21-15-26(19-7-3-2-4-8-19)31-25-10-6-5-9-23(21)25/h2-15,24,27H,16-18H2,1H3,(H,32,35)(H,33,34). The molecule has 2 amide bonds. The zero-order valence-electron chi connectivity index (χ0n) is 20.4. The SMILES string of the molecule is CONC(=O)C1CC12CC(c1ccc(OCc3cc(-c4ccccc4)nc4ccccc34)cc1)NC2=O. The number of carbonyl (C=O) groups is 2. The van der Waals surface area contributed by atoms with Gasteiger partial charge in [-0.05, 0) is 42.7 Å². The van der Waals surface area contributed by atoms with Crippen LogP contribution in [0, 0.1) is 11.3 Å². The van der Waals surface area contributed by atoms with Crippen LogP contribution in [0.5, 0.6) is 5.75 Å². The van der Waals surface area contributed by atoms with Crippen molar-refractivity contribution >= 4 is 22.7 Å². The van der Waals surface area contributed by atoms with Gasteiger partial charge in [0, 0.05) is 16.5 Å². The van der Waals surface area contributed by atoms with Crippen molar-refractivity contribution < 1.29 is 19.2 Å². The fourth-order valence-electron chi connectivity index (χ4n) is 5.39. The van der Waals surface area contributed by atoms with Crippen LogP contribution in [0.3, 0.4) is 0 Å². The zero-order chi connectivity index (χ0) is 25.4. The molecule has 0 bridgehead atoms. The molecule has 7 nitrogen and oxygen atoms in total. The van der Waals surface area contributed by atoms with Gasteiger partial charge in [-0.25, -0.2) is 10.5 Å². The third kappa shape index (κ3) is 4.32. The summed E-state index contributed by atoms with van der Waals surface area (Å²) in [7, 11) is 1.40. The van der Waals surface area contributed by atoms with Gasteiger partial charge in [-0.3, -0.25) is 14.4 Å². The number of nitrogens with zero attached hydrogens (tertiary/aromatic N) is 1. The minimum Gasteiger partial charge on any atom is -0.489 e. The lowest BCUT2D eigenvalue weighted by molar-refractivity contribution is -0.135. The summed E-state index contributed by atoms with van der Waals surface area (Å²) in [5.74, 6) is 0.110. The van der Waals surface area contributed by atoms with Crippen LogP contribution in [-0.4, -0.2) is 23.9 Å². The van der Waals surface area contributed by atoms with E-state index in [9.17, 15) is 9.59 Å². The van der Waals surface area contributed by atoms with Crippen LogP contribution in [0.4, 0.5) is 0 Å². The Kier molecular flexibility index (Phi) is 5.85. The number of carbonyl (C=O) groups excluding carboxylic acids is 2. The first kappa shape index (κ1) is 23.2. The average molecular weight is 494 g/mol. The van der Waals surface area contributed by atoms with E-state index in [1.54, 1.807) is 0 Å². The number of hydroxylamine groups is 1. The number of fused-ring (bicyclic) bond motifs is 1. The molecule has 2 fully saturated rings. The first-order valence-electron chi connectivity index (χ1n) is 12.4. The maximum Gasteiger partial charge on any atom is 0.247 e. The summed E-state index contributed by atoms with van der Waals surface area (Å²) in [5.41, 5.74) is 6.70. The molecule has 2 N–H and O–H groups in total. The van der Waals surface area contributed by atoms with Crippen LogP contribution in [0.2, 0.25) is 0 Å². The van der Waals surface area contributed by atoms with Gasteiger partial charge in [-0.2, -0.15) is 0 Å². The highest BCUT2D eigenvalue weighted by atomic mass is 16.6. The molecule has 0 radical (unpaired) electrons. The molecule has 37 heavy (non-hydrogen) atoms. The number of aromatic nitrogens is 1. The molecule has 1 saturated carbocycles. The van der Waals surface area contributed by atoms with E-state index in [1.165, 1.54) is 7.11 Å². The topological polar surface area (TPSA) is 89.6 Å². The Labute approximate surface area is 214 Å². The van der Waals surface area contributed by atoms with Crippen LogP contribution in [-0.2, 0) is 21.0 Å². The van der Waals surface area contributed by atoms with Gasteiger partial charge in [-0.1, -0.05) is 60.7 Å². The van der Waals surface area contributed by atoms with Crippen molar-refractivity contribution in [3.63, 3.8) is 0 Å². The molecule has 1 spiro atoms. The molecule has 7 heteroatoms. The molecular weight excluding hydrogens is 466 g/mol. The van der Waals surface area contributed by atoms with Crippen molar-refractivity contribution in [3.05, 3.63) is 96.1 Å². The fraction of sp³-hybridized carbons (Fsp3) is 0.233. The van der Waals surface area contributed by atoms with Gasteiger partial charge in [0.25, 0.3) is 0 Å². The van der Waals surface area contributed by atoms with Crippen molar-refractivity contribution in [1.29, 1.82) is 0 Å². The Bertz CT molecular complexity index is 1470. The summed E-state index contributed by atoms with van der Waals surface area (Å²) in [5, 5.41) is 4.13. The quantitative estimate of drug-likeness (QED) is 0.364. The number of amides is 2. The predicted octanol–water partition coefficient (Wildman–Crippen LogP) is 4.73. The monoisotopic (exact) mass is 493 g/mol. The molecule has 3 atom stereocenters. The molecule has 2 heterocycles. The highest BCUT2D eigenvalue weighted by Gasteiger charge is 2.67. The maximum atomic E-state index is 12.7. The van der Waals surface area contributed by atoms with E-state index in [4.69, 9.17) is 14.6 Å². The molecule has 1 saturated heterocycles. The lowest BCUT2D eigenvalue weighted by atomic mass is 9.95. The number of hydrogen-bond acceptors (Lipinski definition) is 5. The van der Waals surface area contributed by atoms with Gasteiger partial charge in [-0.15, -0.1) is 0 Å². The number of pyridine rings is 1. The highest BCUT2D eigenvalue weighted by Crippen LogP contribution is 2.60. The van der Waals surface area contributed by atoms with Crippen LogP contribution >= 0.6 is 0 Å². The lowest BCUT2D eigenvalue weighted by Crippen LogP contribution is -2.29. The average Bonchev–Trinajstić information content (AvgIpc) is 3.58. The van der Waals surface area contributed by atoms with Gasteiger partial charge in [0.1, 0.15) is 12.4 Å². The molecular formula is C30H27N3O4. The normalized spacial score (nSPS) is 22.1. The van der Waals surface area contributed by atoms with Gasteiger partial charge in [0.15, 0.2) is 0 Å². The van der Waals surface area contributed by atoms with E-state index in [1.807, 2.05) is 60.7 Å². The predicted molar refractivity (Wildman–Crippen MR) is 139 cm³/mol. The summed E-state index contributed by atoms with van der Waals surface area (Å²) < 4.78 is 6.18. The van der Waals surface area contributed by atoms with E-state index in [0.717, 1.165) is 39.0 Å². The molecule has 3 unspecified atom stereocenters. The number of rotatable bonds is 7. The second-order valence-electron chi connectivity index (χ2n) is 9.72. The molecule has 1 aliphatic heterocycles. The molecule has 2 aliphatic rings. The van der Waals surface area contributed by atoms with Crippen molar-refractivity contribution in [2.24, 2.45) is 11.3 Å². The van der Waals surface area contributed by atoms with Crippen LogP contribution < -0.4 is 15.5 Å². The van der Waals surface area contributed by atoms with Crippen molar-refractivity contribution in [2.45, 2.75) is 25.5 Å². The van der Waals surface area contributed by atoms with E-state index >= 15 is 0 Å². The summed E-state index contributed by atoms with van der Waals surface area (Å²) >= 11 is 0. The Balaban J connectivity index is 1.16. The van der Waals surface area contributed by atoms with E-state index in [-0.39, 0.29) is 23.8 Å². The first-order valence-corrected chi connectivity index (χ1v) is 12.4. The number of para-hydroxylation sites is 1. The summed E-state index contributed by atoms with van der Waals surface area (Å²) in [6, 6.07) is 28.0. The van der Waals surface area contributed by atoms with Crippen LogP contribution in [0.15, 0.2) is 84.9 Å². The Morgan fingerprint density at radius 3 is 2.57 bits per heavy atom. The van der Waals surface area contributed by atoms with Gasteiger partial charge in [0.2, 0.25) is 11.8 Å². The van der Waals surface area contributed by atoms with Crippen LogP contribution in [0.1, 0.15) is 30.0 Å². The molecule has 186 valence electrons. The van der Waals surface area contributed by atoms with Gasteiger partial charge in [0.05, 0.1) is 35.7 Å². The van der Waals surface area contributed by atoms with Crippen LogP contribution in [0.25, 0.3) is 22.2 Å². The smallest absolute Gasteiger partial charge is 0.247 e. The molecule has 1 aromatic heterocycles. The second-order valence-corrected chi connectivity index (χ2v) is 9.72. The van der Waals surface area contributed by atoms with E-state index in [2.05, 4.69) is 35.1 Å². The summed E-state index contributed by atoms with van der Waals surface area (Å²) in [4.78, 5) is 34.4. The molecule has 6 rings (SSSR count). The molecule has 1 aliphatic carbocycles. The number of benzene rings is 3. The third-order valence-corrected chi connectivity index (χ3v) is 7.47. The molecule has 3 aromatic carbocycles. The number of hydrogen-bond donors (Lipinski definition) is 2. The van der Waals surface area contributed by atoms with Gasteiger partial charge >= 0.3 is 0 Å². The van der Waals surface area contributed by atoms with Crippen molar-refractivity contribution in [2.75, 3.05) is 7.11 Å². The Morgan fingerprint density at radius 1 is 1.03 bits per heavy atom. The zero-order valence-corrected chi connectivity index (χ0v) is 20.4. The largest absolute Gasteiger partial charge is 0.489 e.